The number of carbonyl (C=O) groups excluding carboxylic acids is 2. The number of nitrogens with zero attached hydrogens (tertiary/aromatic N) is 2. The van der Waals surface area contributed by atoms with Crippen LogP contribution < -0.4 is 9.64 Å². The van der Waals surface area contributed by atoms with Gasteiger partial charge in [0.1, 0.15) is 12.4 Å². The van der Waals surface area contributed by atoms with Gasteiger partial charge < -0.3 is 9.64 Å². The summed E-state index contributed by atoms with van der Waals surface area (Å²) in [4.78, 5) is 28.4. The maximum Gasteiger partial charge on any atom is 0.293 e. The Hall–Kier alpha value is -2.15. The minimum Gasteiger partial charge on any atom is -0.488 e. The predicted octanol–water partition coefficient (Wildman–Crippen LogP) is 6.47. The number of thioether (sulfide) groups is 1. The Kier molecular flexibility index (Phi) is 7.92. The summed E-state index contributed by atoms with van der Waals surface area (Å²) >= 11 is 13.2. The minimum atomic E-state index is -0.281. The first kappa shape index (κ1) is 23.5. The average Bonchev–Trinajstić information content (AvgIpc) is 3.02. The number of halogens is 2. The number of hydrogen-bond donors (Lipinski definition) is 0. The van der Waals surface area contributed by atoms with Crippen molar-refractivity contribution < 1.29 is 14.3 Å². The number of amides is 2. The summed E-state index contributed by atoms with van der Waals surface area (Å²) in [7, 11) is 0. The van der Waals surface area contributed by atoms with E-state index < -0.39 is 0 Å². The first-order chi connectivity index (χ1) is 14.9. The van der Waals surface area contributed by atoms with Crippen LogP contribution in [-0.4, -0.2) is 35.7 Å². The van der Waals surface area contributed by atoms with Crippen molar-refractivity contribution in [2.24, 2.45) is 0 Å². The molecule has 0 radical (unpaired) electrons. The van der Waals surface area contributed by atoms with E-state index in [4.69, 9.17) is 27.9 Å². The van der Waals surface area contributed by atoms with Crippen molar-refractivity contribution in [2.45, 2.75) is 27.4 Å². The second-order valence-electron chi connectivity index (χ2n) is 6.84. The third kappa shape index (κ3) is 5.37. The Balaban J connectivity index is 1.95. The van der Waals surface area contributed by atoms with Crippen LogP contribution in [0.25, 0.3) is 6.08 Å². The number of benzene rings is 2. The van der Waals surface area contributed by atoms with Crippen LogP contribution in [0.3, 0.4) is 0 Å². The second kappa shape index (κ2) is 10.4. The van der Waals surface area contributed by atoms with Gasteiger partial charge in [-0.05, 0) is 62.9 Å². The highest BCUT2D eigenvalue weighted by atomic mass is 35.5. The number of likely N-dealkylation sites (N-methyl/N-ethyl adjacent to an activating group) is 1. The van der Waals surface area contributed by atoms with Crippen molar-refractivity contribution in [3.63, 3.8) is 0 Å². The molecule has 8 heteroatoms. The molecular weight excluding hydrogens is 455 g/mol. The van der Waals surface area contributed by atoms with E-state index in [2.05, 4.69) is 18.7 Å². The average molecular weight is 479 g/mol. The van der Waals surface area contributed by atoms with Crippen molar-refractivity contribution in [1.29, 1.82) is 0 Å². The Morgan fingerprint density at radius 3 is 2.42 bits per heavy atom. The molecule has 5 nitrogen and oxygen atoms in total. The molecule has 31 heavy (non-hydrogen) atoms. The maximum atomic E-state index is 12.5. The van der Waals surface area contributed by atoms with Crippen LogP contribution in [-0.2, 0) is 11.4 Å². The van der Waals surface area contributed by atoms with Gasteiger partial charge in [-0.3, -0.25) is 14.5 Å². The quantitative estimate of drug-likeness (QED) is 0.406. The van der Waals surface area contributed by atoms with Gasteiger partial charge in [-0.15, -0.1) is 0 Å². The van der Waals surface area contributed by atoms with E-state index in [-0.39, 0.29) is 17.8 Å². The molecule has 0 atom stereocenters. The van der Waals surface area contributed by atoms with Crippen LogP contribution in [0.2, 0.25) is 10.0 Å². The Bertz CT molecular complexity index is 1020. The van der Waals surface area contributed by atoms with Gasteiger partial charge in [0.2, 0.25) is 0 Å². The Labute approximate surface area is 196 Å². The van der Waals surface area contributed by atoms with Gasteiger partial charge in [-0.25, -0.2) is 0 Å². The molecule has 164 valence electrons. The van der Waals surface area contributed by atoms with Gasteiger partial charge in [-0.2, -0.15) is 0 Å². The highest BCUT2D eigenvalue weighted by Crippen LogP contribution is 2.35. The third-order valence-corrected chi connectivity index (χ3v) is 6.49. The molecule has 1 saturated heterocycles. The highest BCUT2D eigenvalue weighted by molar-refractivity contribution is 8.18. The molecule has 0 bridgehead atoms. The van der Waals surface area contributed by atoms with Gasteiger partial charge in [0.15, 0.2) is 0 Å². The maximum absolute atomic E-state index is 12.5. The van der Waals surface area contributed by atoms with Crippen molar-refractivity contribution in [3.8, 4) is 5.75 Å². The zero-order valence-electron chi connectivity index (χ0n) is 17.7. The molecule has 0 unspecified atom stereocenters. The van der Waals surface area contributed by atoms with Crippen LogP contribution in [0.4, 0.5) is 10.5 Å². The fourth-order valence-electron chi connectivity index (χ4n) is 3.26. The Morgan fingerprint density at radius 2 is 1.81 bits per heavy atom. The first-order valence-corrected chi connectivity index (χ1v) is 11.7. The number of ether oxygens (including phenoxy) is 1. The molecule has 3 rings (SSSR count). The van der Waals surface area contributed by atoms with Gasteiger partial charge in [-0.1, -0.05) is 29.3 Å². The van der Waals surface area contributed by atoms with Crippen LogP contribution in [0.1, 0.15) is 31.9 Å². The van der Waals surface area contributed by atoms with E-state index in [1.807, 2.05) is 24.3 Å². The predicted molar refractivity (Wildman–Crippen MR) is 129 cm³/mol. The normalized spacial score (nSPS) is 15.1. The standard InChI is InChI=1S/C23H24Cl2N2O3S/c1-4-26(5-2)18-10-8-15(11-21-22(28)27(6-3)23(29)31-21)20(13-18)30-14-16-7-9-17(24)12-19(16)25/h7-13H,4-6,14H2,1-3H3/b21-11+. The molecule has 1 fully saturated rings. The number of carbonyl (C=O) groups is 2. The lowest BCUT2D eigenvalue weighted by molar-refractivity contribution is -0.122. The fourth-order valence-corrected chi connectivity index (χ4v) is 4.62. The topological polar surface area (TPSA) is 49.9 Å². The molecule has 2 aromatic rings. The summed E-state index contributed by atoms with van der Waals surface area (Å²) in [6.07, 6.45) is 1.71. The lowest BCUT2D eigenvalue weighted by Crippen LogP contribution is -2.27. The first-order valence-electron chi connectivity index (χ1n) is 10.1. The molecule has 1 aliphatic rings. The summed E-state index contributed by atoms with van der Waals surface area (Å²) < 4.78 is 6.13. The van der Waals surface area contributed by atoms with Crippen LogP contribution in [0.15, 0.2) is 41.3 Å². The van der Waals surface area contributed by atoms with E-state index >= 15 is 0 Å². The summed E-state index contributed by atoms with van der Waals surface area (Å²) in [5.41, 5.74) is 2.54. The van der Waals surface area contributed by atoms with E-state index in [1.54, 1.807) is 25.1 Å². The number of hydrogen-bond acceptors (Lipinski definition) is 5. The fraction of sp³-hybridized carbons (Fsp3) is 0.304. The summed E-state index contributed by atoms with van der Waals surface area (Å²) in [5, 5.41) is 0.830. The van der Waals surface area contributed by atoms with Gasteiger partial charge in [0.05, 0.1) is 4.91 Å². The van der Waals surface area contributed by atoms with E-state index in [1.165, 1.54) is 4.90 Å². The van der Waals surface area contributed by atoms with E-state index in [9.17, 15) is 9.59 Å². The molecular formula is C23H24Cl2N2O3S. The lowest BCUT2D eigenvalue weighted by Gasteiger charge is -2.22. The summed E-state index contributed by atoms with van der Waals surface area (Å²) in [6.45, 7) is 8.26. The molecule has 2 aromatic carbocycles. The lowest BCUT2D eigenvalue weighted by atomic mass is 10.1. The SMILES string of the molecule is CCN1C(=O)S/C(=C/c2ccc(N(CC)CC)cc2OCc2ccc(Cl)cc2Cl)C1=O. The van der Waals surface area contributed by atoms with Crippen molar-refractivity contribution in [1.82, 2.24) is 4.90 Å². The van der Waals surface area contributed by atoms with Crippen molar-refractivity contribution in [3.05, 3.63) is 62.5 Å². The van der Waals surface area contributed by atoms with Crippen LogP contribution in [0.5, 0.6) is 5.75 Å². The molecule has 0 aliphatic carbocycles. The largest absolute Gasteiger partial charge is 0.488 e. The van der Waals surface area contributed by atoms with Crippen molar-refractivity contribution in [2.75, 3.05) is 24.5 Å². The minimum absolute atomic E-state index is 0.245. The number of rotatable bonds is 8. The summed E-state index contributed by atoms with van der Waals surface area (Å²) in [6, 6.07) is 11.1. The summed E-state index contributed by atoms with van der Waals surface area (Å²) in [5.74, 6) is 0.329. The molecule has 0 aromatic heterocycles. The number of imide groups is 1. The third-order valence-electron chi connectivity index (χ3n) is 5.00. The second-order valence-corrected chi connectivity index (χ2v) is 8.68. The Morgan fingerprint density at radius 1 is 1.06 bits per heavy atom. The number of anilines is 1. The molecule has 0 N–H and O–H groups in total. The molecule has 1 aliphatic heterocycles. The molecule has 0 saturated carbocycles. The monoisotopic (exact) mass is 478 g/mol. The molecule has 2 amide bonds. The van der Waals surface area contributed by atoms with Crippen LogP contribution in [0, 0.1) is 0 Å². The zero-order chi connectivity index (χ0) is 22.5. The molecule has 0 spiro atoms. The molecule has 1 heterocycles. The van der Waals surface area contributed by atoms with Gasteiger partial charge in [0.25, 0.3) is 11.1 Å². The van der Waals surface area contributed by atoms with E-state index in [0.717, 1.165) is 41.7 Å². The van der Waals surface area contributed by atoms with Crippen LogP contribution >= 0.6 is 35.0 Å². The smallest absolute Gasteiger partial charge is 0.293 e. The highest BCUT2D eigenvalue weighted by Gasteiger charge is 2.33. The van der Waals surface area contributed by atoms with E-state index in [0.29, 0.717) is 27.2 Å². The van der Waals surface area contributed by atoms with Crippen molar-refractivity contribution >= 4 is 57.9 Å². The van der Waals surface area contributed by atoms with Gasteiger partial charge in [0, 0.05) is 52.6 Å². The zero-order valence-corrected chi connectivity index (χ0v) is 20.0. The van der Waals surface area contributed by atoms with Gasteiger partial charge >= 0.3 is 0 Å².